The van der Waals surface area contributed by atoms with Crippen LogP contribution in [-0.2, 0) is 11.4 Å². The number of hydrogen-bond acceptors (Lipinski definition) is 5. The van der Waals surface area contributed by atoms with E-state index in [2.05, 4.69) is 15.9 Å². The molecule has 1 heterocycles. The molecule has 1 saturated heterocycles. The second-order valence-corrected chi connectivity index (χ2v) is 8.34. The Kier molecular flexibility index (Phi) is 7.39. The number of hydrogen-bond donors (Lipinski definition) is 0. The van der Waals surface area contributed by atoms with Gasteiger partial charge >= 0.3 is 0 Å². The van der Waals surface area contributed by atoms with E-state index in [0.29, 0.717) is 34.0 Å². The number of carbonyl (C=O) groups excluding carboxylic acids is 2. The summed E-state index contributed by atoms with van der Waals surface area (Å²) in [5, 5.41) is -0.219. The molecule has 7 heteroatoms. The maximum absolute atomic E-state index is 12.5. The summed E-state index contributed by atoms with van der Waals surface area (Å²) in [5.41, 5.74) is 1.80. The summed E-state index contributed by atoms with van der Waals surface area (Å²) in [6.07, 6.45) is 3.44. The molecule has 0 aromatic heterocycles. The van der Waals surface area contributed by atoms with Crippen LogP contribution in [0, 0.1) is 0 Å². The van der Waals surface area contributed by atoms with E-state index in [4.69, 9.17) is 9.47 Å². The number of amides is 2. The monoisotopic (exact) mass is 475 g/mol. The first-order valence-electron chi connectivity index (χ1n) is 9.33. The summed E-state index contributed by atoms with van der Waals surface area (Å²) in [7, 11) is 1.57. The van der Waals surface area contributed by atoms with E-state index >= 15 is 0 Å². The summed E-state index contributed by atoms with van der Waals surface area (Å²) in [4.78, 5) is 26.4. The summed E-state index contributed by atoms with van der Waals surface area (Å²) in [6, 6.07) is 13.5. The summed E-state index contributed by atoms with van der Waals surface area (Å²) in [5.74, 6) is 0.893. The van der Waals surface area contributed by atoms with Crippen LogP contribution in [0.15, 0.2) is 51.8 Å². The first-order chi connectivity index (χ1) is 14.0. The zero-order valence-electron chi connectivity index (χ0n) is 16.3. The van der Waals surface area contributed by atoms with Crippen LogP contribution in [0.1, 0.15) is 30.9 Å². The zero-order valence-corrected chi connectivity index (χ0v) is 18.7. The SMILES string of the molecule is CCCCN1C(=O)S/C(=C\c2cc(Br)c(OCc3ccccc3)c(OC)c2)C1=O. The van der Waals surface area contributed by atoms with Gasteiger partial charge in [0, 0.05) is 6.54 Å². The molecule has 0 N–H and O–H groups in total. The van der Waals surface area contributed by atoms with Crippen molar-refractivity contribution < 1.29 is 19.1 Å². The Balaban J connectivity index is 1.80. The molecular formula is C22H22BrNO4S. The van der Waals surface area contributed by atoms with Crippen molar-refractivity contribution >= 4 is 44.9 Å². The molecule has 1 aliphatic heterocycles. The van der Waals surface area contributed by atoms with Crippen molar-refractivity contribution in [2.45, 2.75) is 26.4 Å². The van der Waals surface area contributed by atoms with Gasteiger partial charge in [-0.1, -0.05) is 43.7 Å². The third-order valence-electron chi connectivity index (χ3n) is 4.38. The lowest BCUT2D eigenvalue weighted by Gasteiger charge is -2.14. The first-order valence-corrected chi connectivity index (χ1v) is 10.9. The number of unbranched alkanes of at least 4 members (excludes halogenated alkanes) is 1. The molecule has 29 heavy (non-hydrogen) atoms. The second kappa shape index (κ2) is 9.98. The van der Waals surface area contributed by atoms with Crippen LogP contribution in [0.5, 0.6) is 11.5 Å². The van der Waals surface area contributed by atoms with Gasteiger partial charge in [-0.2, -0.15) is 0 Å². The third kappa shape index (κ3) is 5.22. The molecule has 0 bridgehead atoms. The van der Waals surface area contributed by atoms with Crippen LogP contribution < -0.4 is 9.47 Å². The normalized spacial score (nSPS) is 15.3. The first kappa shape index (κ1) is 21.5. The molecule has 3 rings (SSSR count). The molecule has 0 aliphatic carbocycles. The third-order valence-corrected chi connectivity index (χ3v) is 5.88. The van der Waals surface area contributed by atoms with Crippen molar-refractivity contribution in [2.24, 2.45) is 0 Å². The number of thioether (sulfide) groups is 1. The van der Waals surface area contributed by atoms with Crippen molar-refractivity contribution in [1.82, 2.24) is 4.90 Å². The minimum Gasteiger partial charge on any atom is -0.493 e. The summed E-state index contributed by atoms with van der Waals surface area (Å²) < 4.78 is 12.1. The van der Waals surface area contributed by atoms with Gasteiger partial charge < -0.3 is 9.47 Å². The molecule has 0 saturated carbocycles. The Morgan fingerprint density at radius 2 is 1.93 bits per heavy atom. The van der Waals surface area contributed by atoms with Crippen molar-refractivity contribution in [3.05, 3.63) is 63.0 Å². The standard InChI is InChI=1S/C22H22BrNO4S/c1-3-4-10-24-21(25)19(29-22(24)26)13-16-11-17(23)20(18(12-16)27-2)28-14-15-8-6-5-7-9-15/h5-9,11-13H,3-4,10,14H2,1-2H3/b19-13-. The number of nitrogens with zero attached hydrogens (tertiary/aromatic N) is 1. The van der Waals surface area contributed by atoms with Crippen molar-refractivity contribution in [3.63, 3.8) is 0 Å². The minimum absolute atomic E-state index is 0.219. The van der Waals surface area contributed by atoms with Crippen LogP contribution >= 0.6 is 27.7 Å². The van der Waals surface area contributed by atoms with Gasteiger partial charge in [-0.25, -0.2) is 0 Å². The molecular weight excluding hydrogens is 454 g/mol. The highest BCUT2D eigenvalue weighted by atomic mass is 79.9. The Labute approximate surface area is 183 Å². The highest BCUT2D eigenvalue weighted by molar-refractivity contribution is 9.10. The molecule has 0 unspecified atom stereocenters. The molecule has 0 radical (unpaired) electrons. The Morgan fingerprint density at radius 1 is 1.17 bits per heavy atom. The lowest BCUT2D eigenvalue weighted by Crippen LogP contribution is -2.29. The predicted molar refractivity (Wildman–Crippen MR) is 119 cm³/mol. The molecule has 0 spiro atoms. The lowest BCUT2D eigenvalue weighted by molar-refractivity contribution is -0.122. The van der Waals surface area contributed by atoms with Crippen LogP contribution in [0.25, 0.3) is 6.08 Å². The average Bonchev–Trinajstić information content (AvgIpc) is 2.98. The van der Waals surface area contributed by atoms with Gasteiger partial charge in [0.25, 0.3) is 11.1 Å². The molecule has 5 nitrogen and oxygen atoms in total. The smallest absolute Gasteiger partial charge is 0.293 e. The maximum Gasteiger partial charge on any atom is 0.293 e. The number of carbonyl (C=O) groups is 2. The summed E-state index contributed by atoms with van der Waals surface area (Å²) >= 11 is 4.50. The fourth-order valence-corrected chi connectivity index (χ4v) is 4.29. The molecule has 1 fully saturated rings. The van der Waals surface area contributed by atoms with Crippen molar-refractivity contribution in [1.29, 1.82) is 0 Å². The van der Waals surface area contributed by atoms with E-state index in [1.165, 1.54) is 4.90 Å². The molecule has 1 aliphatic rings. The van der Waals surface area contributed by atoms with Gasteiger partial charge in [0.15, 0.2) is 11.5 Å². The number of methoxy groups -OCH3 is 1. The molecule has 152 valence electrons. The molecule has 2 aromatic carbocycles. The van der Waals surface area contributed by atoms with E-state index in [9.17, 15) is 9.59 Å². The number of ether oxygens (including phenoxy) is 2. The van der Waals surface area contributed by atoms with E-state index in [1.807, 2.05) is 43.3 Å². The molecule has 2 aromatic rings. The van der Waals surface area contributed by atoms with E-state index < -0.39 is 0 Å². The fourth-order valence-electron chi connectivity index (χ4n) is 2.85. The zero-order chi connectivity index (χ0) is 20.8. The van der Waals surface area contributed by atoms with Crippen molar-refractivity contribution in [3.8, 4) is 11.5 Å². The lowest BCUT2D eigenvalue weighted by atomic mass is 10.1. The van der Waals surface area contributed by atoms with Gasteiger partial charge in [0.2, 0.25) is 0 Å². The number of benzene rings is 2. The van der Waals surface area contributed by atoms with Gasteiger partial charge in [-0.15, -0.1) is 0 Å². The van der Waals surface area contributed by atoms with Crippen LogP contribution in [0.3, 0.4) is 0 Å². The predicted octanol–water partition coefficient (Wildman–Crippen LogP) is 5.87. The van der Waals surface area contributed by atoms with Gasteiger partial charge in [-0.3, -0.25) is 14.5 Å². The number of halogens is 1. The highest BCUT2D eigenvalue weighted by Crippen LogP contribution is 2.39. The minimum atomic E-state index is -0.243. The highest BCUT2D eigenvalue weighted by Gasteiger charge is 2.34. The summed E-state index contributed by atoms with van der Waals surface area (Å²) in [6.45, 7) is 2.89. The molecule has 2 amide bonds. The number of rotatable bonds is 8. The fraction of sp³-hybridized carbons (Fsp3) is 0.273. The molecule has 0 atom stereocenters. The number of imide groups is 1. The second-order valence-electron chi connectivity index (χ2n) is 6.50. The Bertz CT molecular complexity index is 930. The average molecular weight is 476 g/mol. The largest absolute Gasteiger partial charge is 0.493 e. The van der Waals surface area contributed by atoms with Crippen LogP contribution in [-0.4, -0.2) is 29.7 Å². The van der Waals surface area contributed by atoms with Crippen molar-refractivity contribution in [2.75, 3.05) is 13.7 Å². The van der Waals surface area contributed by atoms with Crippen LogP contribution in [0.2, 0.25) is 0 Å². The van der Waals surface area contributed by atoms with Gasteiger partial charge in [0.05, 0.1) is 16.5 Å². The van der Waals surface area contributed by atoms with E-state index in [1.54, 1.807) is 19.3 Å². The van der Waals surface area contributed by atoms with Gasteiger partial charge in [0.1, 0.15) is 6.61 Å². The topological polar surface area (TPSA) is 55.8 Å². The van der Waals surface area contributed by atoms with E-state index in [-0.39, 0.29) is 11.1 Å². The van der Waals surface area contributed by atoms with E-state index in [0.717, 1.165) is 35.7 Å². The Hall–Kier alpha value is -2.25. The maximum atomic E-state index is 12.5. The van der Waals surface area contributed by atoms with Gasteiger partial charge in [-0.05, 0) is 63.4 Å². The Morgan fingerprint density at radius 3 is 2.62 bits per heavy atom. The van der Waals surface area contributed by atoms with Crippen LogP contribution in [0.4, 0.5) is 4.79 Å². The quantitative estimate of drug-likeness (QED) is 0.446.